The molecule has 1 aromatic carbocycles. The Kier molecular flexibility index (Phi) is 10.5. The maximum absolute atomic E-state index is 12.9. The number of rotatable bonds is 9. The van der Waals surface area contributed by atoms with Gasteiger partial charge < -0.3 is 24.8 Å². The van der Waals surface area contributed by atoms with E-state index in [1.54, 1.807) is 39.6 Å². The van der Waals surface area contributed by atoms with Gasteiger partial charge in [-0.25, -0.2) is 9.78 Å². The summed E-state index contributed by atoms with van der Waals surface area (Å²) in [6.45, 7) is 12.4. The number of pyridine rings is 1. The summed E-state index contributed by atoms with van der Waals surface area (Å²) < 4.78 is 7.19. The molecule has 0 saturated carbocycles. The number of aromatic nitrogens is 3. The van der Waals surface area contributed by atoms with Crippen LogP contribution in [0.1, 0.15) is 27.2 Å². The molecule has 0 spiro atoms. The van der Waals surface area contributed by atoms with Crippen LogP contribution in [0.4, 0.5) is 22.1 Å². The zero-order valence-electron chi connectivity index (χ0n) is 26.7. The minimum absolute atomic E-state index is 0.116. The third-order valence-corrected chi connectivity index (χ3v) is 8.64. The highest BCUT2D eigenvalue weighted by Crippen LogP contribution is 2.22. The smallest absolute Gasteiger partial charge is 0.410 e. The van der Waals surface area contributed by atoms with Gasteiger partial charge >= 0.3 is 6.09 Å². The number of amides is 2. The highest BCUT2D eigenvalue weighted by molar-refractivity contribution is 7.98. The van der Waals surface area contributed by atoms with Gasteiger partial charge in [0.2, 0.25) is 11.9 Å². The van der Waals surface area contributed by atoms with E-state index in [0.29, 0.717) is 57.3 Å². The molecule has 2 aromatic heterocycles. The summed E-state index contributed by atoms with van der Waals surface area (Å²) >= 11 is 1.70. The molecular weight excluding hydrogens is 592 g/mol. The van der Waals surface area contributed by atoms with E-state index >= 15 is 0 Å². The van der Waals surface area contributed by atoms with Gasteiger partial charge in [0.15, 0.2) is 0 Å². The molecule has 0 atom stereocenters. The number of carbonyl (C=O) groups is 2. The number of hydrogen-bond donors (Lipinski definition) is 1. The third-order valence-electron chi connectivity index (χ3n) is 8.03. The molecular formula is C32H44N8O4S. The zero-order valence-corrected chi connectivity index (χ0v) is 27.5. The number of benzene rings is 1. The fourth-order valence-corrected chi connectivity index (χ4v) is 5.89. The molecule has 45 heavy (non-hydrogen) atoms. The van der Waals surface area contributed by atoms with Crippen molar-refractivity contribution in [2.24, 2.45) is 0 Å². The lowest BCUT2D eigenvalue weighted by atomic mass is 10.2. The van der Waals surface area contributed by atoms with E-state index < -0.39 is 5.60 Å². The van der Waals surface area contributed by atoms with Crippen LogP contribution in [0, 0.1) is 0 Å². The number of thioether (sulfide) groups is 1. The Morgan fingerprint density at radius 1 is 0.911 bits per heavy atom. The number of ether oxygens (including phenoxy) is 1. The van der Waals surface area contributed by atoms with E-state index in [2.05, 4.69) is 32.2 Å². The Bertz CT molecular complexity index is 1520. The van der Waals surface area contributed by atoms with Crippen LogP contribution < -0.4 is 15.8 Å². The Hall–Kier alpha value is -3.84. The fraction of sp³-hybridized carbons (Fsp3) is 0.531. The van der Waals surface area contributed by atoms with Crippen molar-refractivity contribution in [1.82, 2.24) is 29.2 Å². The SMILES string of the molecule is CSCCC(=O)N1CCN(c2ccc(Nc3ncc4ccc(=O)n(CCN5CCN(C(=O)OC(C)(C)C)CC5)c4n3)cc2)CC1. The van der Waals surface area contributed by atoms with Crippen LogP contribution in [-0.4, -0.2) is 118 Å². The Balaban J connectivity index is 1.18. The van der Waals surface area contributed by atoms with Crippen molar-refractivity contribution in [3.05, 3.63) is 52.9 Å². The summed E-state index contributed by atoms with van der Waals surface area (Å²) in [4.78, 5) is 55.1. The maximum Gasteiger partial charge on any atom is 0.410 e. The van der Waals surface area contributed by atoms with Crippen LogP contribution in [0.3, 0.4) is 0 Å². The largest absolute Gasteiger partial charge is 0.444 e. The first-order valence-corrected chi connectivity index (χ1v) is 16.9. The van der Waals surface area contributed by atoms with Gasteiger partial charge in [0.25, 0.3) is 5.56 Å². The average molecular weight is 637 g/mol. The lowest BCUT2D eigenvalue weighted by Gasteiger charge is -2.36. The number of nitrogens with one attached hydrogen (secondary N) is 1. The second kappa shape index (κ2) is 14.5. The minimum Gasteiger partial charge on any atom is -0.444 e. The first-order chi connectivity index (χ1) is 21.6. The van der Waals surface area contributed by atoms with E-state index in [4.69, 9.17) is 9.72 Å². The van der Waals surface area contributed by atoms with E-state index in [1.165, 1.54) is 0 Å². The molecule has 2 aliphatic heterocycles. The molecule has 12 nitrogen and oxygen atoms in total. The van der Waals surface area contributed by atoms with Gasteiger partial charge in [-0.15, -0.1) is 0 Å². The van der Waals surface area contributed by atoms with Crippen LogP contribution in [-0.2, 0) is 16.1 Å². The maximum atomic E-state index is 12.9. The quantitative estimate of drug-likeness (QED) is 0.374. The second-order valence-corrected chi connectivity index (χ2v) is 13.4. The van der Waals surface area contributed by atoms with Crippen LogP contribution in [0.5, 0.6) is 0 Å². The van der Waals surface area contributed by atoms with Crippen molar-refractivity contribution in [2.45, 2.75) is 39.3 Å². The predicted octanol–water partition coefficient (Wildman–Crippen LogP) is 3.49. The fourth-order valence-electron chi connectivity index (χ4n) is 5.52. The van der Waals surface area contributed by atoms with Gasteiger partial charge in [-0.2, -0.15) is 16.7 Å². The Morgan fingerprint density at radius 3 is 2.27 bits per heavy atom. The molecule has 5 rings (SSSR count). The number of carbonyl (C=O) groups excluding carboxylic acids is 2. The average Bonchev–Trinajstić information content (AvgIpc) is 3.03. The summed E-state index contributed by atoms with van der Waals surface area (Å²) in [5.74, 6) is 1.52. The summed E-state index contributed by atoms with van der Waals surface area (Å²) in [6.07, 6.45) is 4.07. The molecule has 0 bridgehead atoms. The number of nitrogens with zero attached hydrogens (tertiary/aromatic N) is 7. The standard InChI is InChI=1S/C32H44N8O4S/c1-32(2,3)44-31(43)39-15-12-36(13-16-39)14-21-40-28(42)10-5-24-23-33-30(35-29(24)40)34-25-6-8-26(9-7-25)37-17-19-38(20-18-37)27(41)11-22-45-4/h5-10,23H,11-22H2,1-4H3,(H,33,34,35). The Labute approximate surface area is 268 Å². The molecule has 0 aliphatic carbocycles. The molecule has 13 heteroatoms. The van der Waals surface area contributed by atoms with E-state index in [9.17, 15) is 14.4 Å². The highest BCUT2D eigenvalue weighted by atomic mass is 32.2. The van der Waals surface area contributed by atoms with Crippen LogP contribution in [0.25, 0.3) is 11.0 Å². The van der Waals surface area contributed by atoms with Crippen molar-refractivity contribution in [2.75, 3.05) is 81.1 Å². The monoisotopic (exact) mass is 636 g/mol. The van der Waals surface area contributed by atoms with Gasteiger partial charge in [0, 0.05) is 107 Å². The summed E-state index contributed by atoms with van der Waals surface area (Å²) in [6, 6.07) is 11.4. The van der Waals surface area contributed by atoms with Gasteiger partial charge in [-0.3, -0.25) is 19.1 Å². The lowest BCUT2D eigenvalue weighted by molar-refractivity contribution is -0.131. The number of fused-ring (bicyclic) bond motifs is 1. The van der Waals surface area contributed by atoms with Gasteiger partial charge in [0.05, 0.1) is 0 Å². The van der Waals surface area contributed by atoms with E-state index in [1.807, 2.05) is 44.1 Å². The highest BCUT2D eigenvalue weighted by Gasteiger charge is 2.26. The lowest BCUT2D eigenvalue weighted by Crippen LogP contribution is -2.50. The topological polar surface area (TPSA) is 116 Å². The number of anilines is 3. The summed E-state index contributed by atoms with van der Waals surface area (Å²) in [5, 5.41) is 4.07. The molecule has 3 aromatic rings. The molecule has 2 aliphatic rings. The van der Waals surface area contributed by atoms with Crippen molar-refractivity contribution in [3.8, 4) is 0 Å². The molecule has 4 heterocycles. The minimum atomic E-state index is -0.519. The van der Waals surface area contributed by atoms with Crippen molar-refractivity contribution in [3.63, 3.8) is 0 Å². The van der Waals surface area contributed by atoms with Crippen LogP contribution >= 0.6 is 11.8 Å². The molecule has 0 unspecified atom stereocenters. The van der Waals surface area contributed by atoms with Gasteiger partial charge in [-0.05, 0) is 57.4 Å². The van der Waals surface area contributed by atoms with E-state index in [0.717, 1.165) is 48.7 Å². The molecule has 1 N–H and O–H groups in total. The second-order valence-electron chi connectivity index (χ2n) is 12.4. The number of piperazine rings is 2. The molecule has 2 fully saturated rings. The molecule has 0 radical (unpaired) electrons. The third kappa shape index (κ3) is 8.66. The van der Waals surface area contributed by atoms with E-state index in [-0.39, 0.29) is 17.6 Å². The number of hydrogen-bond acceptors (Lipinski definition) is 10. The summed E-state index contributed by atoms with van der Waals surface area (Å²) in [5.41, 5.74) is 1.90. The molecule has 2 amide bonds. The Morgan fingerprint density at radius 2 is 1.60 bits per heavy atom. The van der Waals surface area contributed by atoms with Crippen molar-refractivity contribution >= 4 is 52.1 Å². The van der Waals surface area contributed by atoms with Crippen molar-refractivity contribution in [1.29, 1.82) is 0 Å². The van der Waals surface area contributed by atoms with Gasteiger partial charge in [0.1, 0.15) is 11.2 Å². The van der Waals surface area contributed by atoms with Crippen LogP contribution in [0.15, 0.2) is 47.4 Å². The molecule has 242 valence electrons. The summed E-state index contributed by atoms with van der Waals surface area (Å²) in [7, 11) is 0. The zero-order chi connectivity index (χ0) is 32.0. The first kappa shape index (κ1) is 32.6. The van der Waals surface area contributed by atoms with Gasteiger partial charge in [-0.1, -0.05) is 0 Å². The van der Waals surface area contributed by atoms with Crippen molar-refractivity contribution < 1.29 is 14.3 Å². The van der Waals surface area contributed by atoms with Crippen LogP contribution in [0.2, 0.25) is 0 Å². The normalized spacial score (nSPS) is 16.2. The first-order valence-electron chi connectivity index (χ1n) is 15.6. The molecule has 2 saturated heterocycles. The predicted molar refractivity (Wildman–Crippen MR) is 180 cm³/mol.